The van der Waals surface area contributed by atoms with Crippen LogP contribution in [0.15, 0.2) is 29.4 Å². The number of benzene rings is 1. The average molecular weight is 278 g/mol. The van der Waals surface area contributed by atoms with Gasteiger partial charge in [0.15, 0.2) is 0 Å². The SMILES string of the molecule is O=Nc1ccc(COC(=O)ON2C(=O)CCC2=O)cc1. The molecular formula is C12H10N2O6. The van der Waals surface area contributed by atoms with E-state index in [1.807, 2.05) is 0 Å². The van der Waals surface area contributed by atoms with Crippen LogP contribution in [0.1, 0.15) is 18.4 Å². The van der Waals surface area contributed by atoms with Gasteiger partial charge in [0.1, 0.15) is 12.3 Å². The number of hydroxylamine groups is 2. The number of amides is 2. The molecule has 2 rings (SSSR count). The van der Waals surface area contributed by atoms with E-state index in [1.165, 1.54) is 12.1 Å². The fourth-order valence-corrected chi connectivity index (χ4v) is 1.55. The van der Waals surface area contributed by atoms with E-state index in [0.29, 0.717) is 10.6 Å². The predicted molar refractivity (Wildman–Crippen MR) is 64.3 cm³/mol. The third kappa shape index (κ3) is 3.16. The first kappa shape index (κ1) is 13.7. The minimum Gasteiger partial charge on any atom is -0.428 e. The summed E-state index contributed by atoms with van der Waals surface area (Å²) in [5.74, 6) is -1.15. The molecule has 0 aliphatic carbocycles. The van der Waals surface area contributed by atoms with Gasteiger partial charge < -0.3 is 4.74 Å². The summed E-state index contributed by atoms with van der Waals surface area (Å²) in [5.41, 5.74) is 0.859. The van der Waals surface area contributed by atoms with Gasteiger partial charge >= 0.3 is 6.16 Å². The molecule has 1 aromatic carbocycles. The van der Waals surface area contributed by atoms with Crippen molar-refractivity contribution in [2.45, 2.75) is 19.4 Å². The Morgan fingerprint density at radius 2 is 1.75 bits per heavy atom. The number of nitroso groups, excluding NO2 is 1. The summed E-state index contributed by atoms with van der Waals surface area (Å²) in [6.45, 7) is -0.117. The van der Waals surface area contributed by atoms with Crippen LogP contribution >= 0.6 is 0 Å². The third-order valence-electron chi connectivity index (χ3n) is 2.57. The maximum absolute atomic E-state index is 11.3. The molecule has 1 aromatic rings. The second-order valence-corrected chi connectivity index (χ2v) is 3.97. The highest BCUT2D eigenvalue weighted by molar-refractivity contribution is 6.01. The van der Waals surface area contributed by atoms with Crippen molar-refractivity contribution in [3.05, 3.63) is 34.7 Å². The van der Waals surface area contributed by atoms with Crippen LogP contribution in [0.3, 0.4) is 0 Å². The number of rotatable bonds is 4. The third-order valence-corrected chi connectivity index (χ3v) is 2.57. The van der Waals surface area contributed by atoms with Gasteiger partial charge in [0.2, 0.25) is 0 Å². The van der Waals surface area contributed by atoms with Crippen LogP contribution in [0, 0.1) is 4.91 Å². The maximum atomic E-state index is 11.3. The normalized spacial score (nSPS) is 14.3. The molecule has 0 atom stereocenters. The van der Waals surface area contributed by atoms with E-state index in [9.17, 15) is 19.3 Å². The maximum Gasteiger partial charge on any atom is 0.534 e. The standard InChI is InChI=1S/C12H10N2O6/c15-10-5-6-11(16)14(10)20-12(17)19-7-8-1-3-9(13-18)4-2-8/h1-4H,5-7H2. The van der Waals surface area contributed by atoms with Crippen LogP contribution in [0.2, 0.25) is 0 Å². The smallest absolute Gasteiger partial charge is 0.428 e. The number of ether oxygens (including phenoxy) is 1. The van der Waals surface area contributed by atoms with Crippen LogP contribution in [0.4, 0.5) is 10.5 Å². The van der Waals surface area contributed by atoms with Crippen molar-refractivity contribution in [3.63, 3.8) is 0 Å². The molecule has 104 valence electrons. The van der Waals surface area contributed by atoms with Gasteiger partial charge in [-0.2, -0.15) is 0 Å². The van der Waals surface area contributed by atoms with Crippen LogP contribution in [0.5, 0.6) is 0 Å². The minimum atomic E-state index is -1.15. The Morgan fingerprint density at radius 3 is 2.30 bits per heavy atom. The minimum absolute atomic E-state index is 0.0201. The molecule has 1 saturated heterocycles. The number of nitrogens with zero attached hydrogens (tertiary/aromatic N) is 2. The van der Waals surface area contributed by atoms with Crippen molar-refractivity contribution in [3.8, 4) is 0 Å². The van der Waals surface area contributed by atoms with Gasteiger partial charge in [-0.3, -0.25) is 14.4 Å². The predicted octanol–water partition coefficient (Wildman–Crippen LogP) is 1.80. The topological polar surface area (TPSA) is 102 Å². The highest BCUT2D eigenvalue weighted by atomic mass is 16.8. The van der Waals surface area contributed by atoms with Crippen LogP contribution < -0.4 is 0 Å². The molecule has 0 saturated carbocycles. The highest BCUT2D eigenvalue weighted by Gasteiger charge is 2.33. The fraction of sp³-hybridized carbons (Fsp3) is 0.250. The molecule has 0 spiro atoms. The second kappa shape index (κ2) is 5.91. The molecular weight excluding hydrogens is 268 g/mol. The first-order valence-corrected chi connectivity index (χ1v) is 5.73. The van der Waals surface area contributed by atoms with Gasteiger partial charge in [0.25, 0.3) is 11.8 Å². The van der Waals surface area contributed by atoms with Gasteiger partial charge in [-0.15, -0.1) is 4.91 Å². The van der Waals surface area contributed by atoms with E-state index in [-0.39, 0.29) is 25.1 Å². The zero-order chi connectivity index (χ0) is 14.5. The molecule has 1 aliphatic heterocycles. The Balaban J connectivity index is 1.84. The van der Waals surface area contributed by atoms with E-state index >= 15 is 0 Å². The highest BCUT2D eigenvalue weighted by Crippen LogP contribution is 2.15. The monoisotopic (exact) mass is 278 g/mol. The molecule has 1 heterocycles. The quantitative estimate of drug-likeness (QED) is 0.472. The summed E-state index contributed by atoms with van der Waals surface area (Å²) in [6, 6.07) is 6.03. The molecule has 0 radical (unpaired) electrons. The Bertz CT molecular complexity index is 538. The Hall–Kier alpha value is -2.77. The number of imide groups is 1. The molecule has 1 fully saturated rings. The van der Waals surface area contributed by atoms with Crippen molar-refractivity contribution < 1.29 is 24.0 Å². The molecule has 8 nitrogen and oxygen atoms in total. The van der Waals surface area contributed by atoms with Gasteiger partial charge in [-0.05, 0) is 22.9 Å². The summed E-state index contributed by atoms with van der Waals surface area (Å²) in [7, 11) is 0. The lowest BCUT2D eigenvalue weighted by Crippen LogP contribution is -2.32. The molecule has 0 aromatic heterocycles. The zero-order valence-electron chi connectivity index (χ0n) is 10.3. The van der Waals surface area contributed by atoms with E-state index in [1.54, 1.807) is 12.1 Å². The van der Waals surface area contributed by atoms with Crippen molar-refractivity contribution in [2.24, 2.45) is 5.18 Å². The Labute approximate surface area is 113 Å². The van der Waals surface area contributed by atoms with Crippen molar-refractivity contribution in [2.75, 3.05) is 0 Å². The molecule has 20 heavy (non-hydrogen) atoms. The van der Waals surface area contributed by atoms with Crippen LogP contribution in [-0.4, -0.2) is 23.0 Å². The fourth-order valence-electron chi connectivity index (χ4n) is 1.55. The van der Waals surface area contributed by atoms with Crippen LogP contribution in [-0.2, 0) is 25.8 Å². The average Bonchev–Trinajstić information content (AvgIpc) is 2.77. The number of hydrogen-bond acceptors (Lipinski definition) is 7. The molecule has 2 amide bonds. The Morgan fingerprint density at radius 1 is 1.15 bits per heavy atom. The van der Waals surface area contributed by atoms with E-state index in [0.717, 1.165) is 0 Å². The van der Waals surface area contributed by atoms with Crippen molar-refractivity contribution in [1.29, 1.82) is 0 Å². The first-order valence-electron chi connectivity index (χ1n) is 5.73. The summed E-state index contributed by atoms with van der Waals surface area (Å²) in [5, 5.41) is 3.13. The van der Waals surface area contributed by atoms with E-state index in [2.05, 4.69) is 10.0 Å². The van der Waals surface area contributed by atoms with Gasteiger partial charge in [-0.1, -0.05) is 17.2 Å². The number of carbonyl (C=O) groups excluding carboxylic acids is 3. The van der Waals surface area contributed by atoms with Gasteiger partial charge in [0, 0.05) is 12.8 Å². The summed E-state index contributed by atoms with van der Waals surface area (Å²) in [6.07, 6.45) is -1.11. The van der Waals surface area contributed by atoms with Crippen molar-refractivity contribution in [1.82, 2.24) is 5.06 Å². The summed E-state index contributed by atoms with van der Waals surface area (Å²) in [4.78, 5) is 48.4. The van der Waals surface area contributed by atoms with E-state index in [4.69, 9.17) is 4.74 Å². The second-order valence-electron chi connectivity index (χ2n) is 3.97. The van der Waals surface area contributed by atoms with Gasteiger partial charge in [-0.25, -0.2) is 4.79 Å². The van der Waals surface area contributed by atoms with Crippen molar-refractivity contribution >= 4 is 23.7 Å². The molecule has 1 aliphatic rings. The summed E-state index contributed by atoms with van der Waals surface area (Å²) >= 11 is 0. The van der Waals surface area contributed by atoms with Crippen LogP contribution in [0.25, 0.3) is 0 Å². The summed E-state index contributed by atoms with van der Waals surface area (Å²) < 4.78 is 4.74. The molecule has 0 unspecified atom stereocenters. The first-order chi connectivity index (χ1) is 9.60. The lowest BCUT2D eigenvalue weighted by Gasteiger charge is -2.12. The number of carbonyl (C=O) groups is 3. The largest absolute Gasteiger partial charge is 0.534 e. The molecule has 0 N–H and O–H groups in total. The lowest BCUT2D eigenvalue weighted by molar-refractivity contribution is -0.177. The number of hydrogen-bond donors (Lipinski definition) is 0. The van der Waals surface area contributed by atoms with E-state index < -0.39 is 18.0 Å². The molecule has 8 heteroatoms. The van der Waals surface area contributed by atoms with Gasteiger partial charge in [0.05, 0.1) is 0 Å². The zero-order valence-corrected chi connectivity index (χ0v) is 10.3. The molecule has 0 bridgehead atoms. The Kier molecular flexibility index (Phi) is 4.04. The lowest BCUT2D eigenvalue weighted by atomic mass is 10.2.